The number of hydrogen-bond donors (Lipinski definition) is 1. The SMILES string of the molecule is C[C@@H](O)c1ccc(OCc2cccc(F)c2Br)cc1F. The molecule has 0 saturated heterocycles. The number of halogens is 3. The molecule has 0 aliphatic heterocycles. The maximum absolute atomic E-state index is 13.7. The predicted molar refractivity (Wildman–Crippen MR) is 75.5 cm³/mol. The topological polar surface area (TPSA) is 29.5 Å². The third kappa shape index (κ3) is 3.35. The van der Waals surface area contributed by atoms with Crippen molar-refractivity contribution < 1.29 is 18.6 Å². The molecular formula is C15H13BrF2O2. The molecule has 0 aromatic heterocycles. The van der Waals surface area contributed by atoms with E-state index in [2.05, 4.69) is 15.9 Å². The normalized spacial score (nSPS) is 12.2. The van der Waals surface area contributed by atoms with Crippen LogP contribution in [0.2, 0.25) is 0 Å². The molecule has 0 fully saturated rings. The molecule has 0 saturated carbocycles. The maximum Gasteiger partial charge on any atom is 0.137 e. The molecule has 0 bridgehead atoms. The van der Waals surface area contributed by atoms with E-state index in [0.717, 1.165) is 0 Å². The Kier molecular flexibility index (Phi) is 4.73. The molecule has 5 heteroatoms. The van der Waals surface area contributed by atoms with Crippen LogP contribution in [0.4, 0.5) is 8.78 Å². The average Bonchev–Trinajstić information content (AvgIpc) is 2.40. The van der Waals surface area contributed by atoms with Crippen LogP contribution in [0.3, 0.4) is 0 Å². The van der Waals surface area contributed by atoms with Crippen LogP contribution in [-0.4, -0.2) is 5.11 Å². The van der Waals surface area contributed by atoms with Gasteiger partial charge in [-0.15, -0.1) is 0 Å². The highest BCUT2D eigenvalue weighted by atomic mass is 79.9. The van der Waals surface area contributed by atoms with E-state index in [4.69, 9.17) is 4.74 Å². The van der Waals surface area contributed by atoms with Crippen LogP contribution in [0.15, 0.2) is 40.9 Å². The van der Waals surface area contributed by atoms with Crippen LogP contribution in [-0.2, 0) is 6.61 Å². The van der Waals surface area contributed by atoms with Gasteiger partial charge in [-0.05, 0) is 41.1 Å². The van der Waals surface area contributed by atoms with Gasteiger partial charge in [-0.25, -0.2) is 8.78 Å². The van der Waals surface area contributed by atoms with E-state index in [1.54, 1.807) is 18.2 Å². The molecule has 0 aliphatic carbocycles. The van der Waals surface area contributed by atoms with Gasteiger partial charge in [-0.1, -0.05) is 12.1 Å². The summed E-state index contributed by atoms with van der Waals surface area (Å²) in [6, 6.07) is 8.87. The highest BCUT2D eigenvalue weighted by molar-refractivity contribution is 9.10. The predicted octanol–water partition coefficient (Wildman–Crippen LogP) is 4.36. The van der Waals surface area contributed by atoms with E-state index in [9.17, 15) is 13.9 Å². The molecule has 0 amide bonds. The smallest absolute Gasteiger partial charge is 0.137 e. The van der Waals surface area contributed by atoms with Crippen molar-refractivity contribution in [2.45, 2.75) is 19.6 Å². The second kappa shape index (κ2) is 6.33. The maximum atomic E-state index is 13.7. The molecule has 2 nitrogen and oxygen atoms in total. The first kappa shape index (κ1) is 14.9. The van der Waals surface area contributed by atoms with Crippen LogP contribution >= 0.6 is 15.9 Å². The first-order chi connectivity index (χ1) is 9.49. The Balaban J connectivity index is 2.11. The summed E-state index contributed by atoms with van der Waals surface area (Å²) in [4.78, 5) is 0. The summed E-state index contributed by atoms with van der Waals surface area (Å²) in [6.07, 6.45) is -0.874. The highest BCUT2D eigenvalue weighted by Crippen LogP contribution is 2.25. The van der Waals surface area contributed by atoms with Crippen LogP contribution in [0.1, 0.15) is 24.2 Å². The lowest BCUT2D eigenvalue weighted by atomic mass is 10.1. The van der Waals surface area contributed by atoms with E-state index in [0.29, 0.717) is 15.8 Å². The number of hydrogen-bond acceptors (Lipinski definition) is 2. The minimum absolute atomic E-state index is 0.117. The van der Waals surface area contributed by atoms with Gasteiger partial charge in [0.05, 0.1) is 10.6 Å². The zero-order chi connectivity index (χ0) is 14.7. The van der Waals surface area contributed by atoms with Gasteiger partial charge in [0.15, 0.2) is 0 Å². The third-order valence-corrected chi connectivity index (χ3v) is 3.74. The Morgan fingerprint density at radius 3 is 2.60 bits per heavy atom. The van der Waals surface area contributed by atoms with Crippen molar-refractivity contribution >= 4 is 15.9 Å². The minimum atomic E-state index is -0.874. The first-order valence-corrected chi connectivity index (χ1v) is 6.81. The fraction of sp³-hybridized carbons (Fsp3) is 0.200. The quantitative estimate of drug-likeness (QED) is 0.894. The summed E-state index contributed by atoms with van der Waals surface area (Å²) in [5.41, 5.74) is 0.842. The van der Waals surface area contributed by atoms with Gasteiger partial charge in [-0.3, -0.25) is 0 Å². The largest absolute Gasteiger partial charge is 0.489 e. The van der Waals surface area contributed by atoms with E-state index in [1.165, 1.54) is 25.1 Å². The zero-order valence-electron chi connectivity index (χ0n) is 10.7. The summed E-state index contributed by atoms with van der Waals surface area (Å²) < 4.78 is 32.7. The molecular weight excluding hydrogens is 330 g/mol. The second-order valence-electron chi connectivity index (χ2n) is 4.36. The monoisotopic (exact) mass is 342 g/mol. The van der Waals surface area contributed by atoms with Gasteiger partial charge in [0, 0.05) is 17.2 Å². The van der Waals surface area contributed by atoms with Gasteiger partial charge in [0.2, 0.25) is 0 Å². The van der Waals surface area contributed by atoms with Crippen LogP contribution in [0, 0.1) is 11.6 Å². The molecule has 2 aromatic carbocycles. The average molecular weight is 343 g/mol. The van der Waals surface area contributed by atoms with Crippen molar-refractivity contribution in [1.29, 1.82) is 0 Å². The van der Waals surface area contributed by atoms with Crippen molar-refractivity contribution in [2.24, 2.45) is 0 Å². The fourth-order valence-corrected chi connectivity index (χ4v) is 2.14. The molecule has 1 N–H and O–H groups in total. The lowest BCUT2D eigenvalue weighted by Gasteiger charge is -2.11. The summed E-state index contributed by atoms with van der Waals surface area (Å²) in [7, 11) is 0. The van der Waals surface area contributed by atoms with Crippen LogP contribution < -0.4 is 4.74 Å². The molecule has 0 unspecified atom stereocenters. The van der Waals surface area contributed by atoms with Gasteiger partial charge in [0.25, 0.3) is 0 Å². The minimum Gasteiger partial charge on any atom is -0.489 e. The van der Waals surface area contributed by atoms with E-state index in [-0.39, 0.29) is 18.0 Å². The van der Waals surface area contributed by atoms with Gasteiger partial charge in [0.1, 0.15) is 24.0 Å². The standard InChI is InChI=1S/C15H13BrF2O2/c1-9(19)12-6-5-11(7-14(12)18)20-8-10-3-2-4-13(17)15(10)16/h2-7,9,19H,8H2,1H3/t9-/m1/s1. The molecule has 20 heavy (non-hydrogen) atoms. The lowest BCUT2D eigenvalue weighted by molar-refractivity contribution is 0.194. The Morgan fingerprint density at radius 2 is 1.95 bits per heavy atom. The third-order valence-electron chi connectivity index (χ3n) is 2.85. The molecule has 106 valence electrons. The first-order valence-electron chi connectivity index (χ1n) is 6.02. The number of ether oxygens (including phenoxy) is 1. The molecule has 0 heterocycles. The molecule has 0 radical (unpaired) electrons. The molecule has 0 spiro atoms. The van der Waals surface area contributed by atoms with Crippen molar-refractivity contribution in [1.82, 2.24) is 0 Å². The Hall–Kier alpha value is -1.46. The highest BCUT2D eigenvalue weighted by Gasteiger charge is 2.10. The molecule has 2 aromatic rings. The van der Waals surface area contributed by atoms with Gasteiger partial charge < -0.3 is 9.84 Å². The summed E-state index contributed by atoms with van der Waals surface area (Å²) in [5.74, 6) is -0.583. The van der Waals surface area contributed by atoms with Gasteiger partial charge in [-0.2, -0.15) is 0 Å². The number of benzene rings is 2. The Labute approximate surface area is 124 Å². The van der Waals surface area contributed by atoms with Crippen molar-refractivity contribution in [3.8, 4) is 5.75 Å². The molecule has 0 aliphatic rings. The Morgan fingerprint density at radius 1 is 1.20 bits per heavy atom. The zero-order valence-corrected chi connectivity index (χ0v) is 12.3. The summed E-state index contributed by atoms with van der Waals surface area (Å²) in [6.45, 7) is 1.61. The number of aliphatic hydroxyl groups is 1. The molecule has 1 atom stereocenters. The van der Waals surface area contributed by atoms with Crippen molar-refractivity contribution in [2.75, 3.05) is 0 Å². The number of aliphatic hydroxyl groups excluding tert-OH is 1. The molecule has 2 rings (SSSR count). The van der Waals surface area contributed by atoms with E-state index >= 15 is 0 Å². The summed E-state index contributed by atoms with van der Waals surface area (Å²) in [5, 5.41) is 9.34. The van der Waals surface area contributed by atoms with E-state index in [1.807, 2.05) is 0 Å². The van der Waals surface area contributed by atoms with E-state index < -0.39 is 11.9 Å². The summed E-state index contributed by atoms with van der Waals surface area (Å²) >= 11 is 3.14. The van der Waals surface area contributed by atoms with Gasteiger partial charge >= 0.3 is 0 Å². The van der Waals surface area contributed by atoms with Crippen molar-refractivity contribution in [3.05, 3.63) is 63.6 Å². The fourth-order valence-electron chi connectivity index (χ4n) is 1.76. The Bertz CT molecular complexity index is 615. The van der Waals surface area contributed by atoms with Crippen molar-refractivity contribution in [3.63, 3.8) is 0 Å². The van der Waals surface area contributed by atoms with Crippen LogP contribution in [0.25, 0.3) is 0 Å². The number of rotatable bonds is 4. The van der Waals surface area contributed by atoms with Crippen LogP contribution in [0.5, 0.6) is 5.75 Å². The lowest BCUT2D eigenvalue weighted by Crippen LogP contribution is -2.00. The second-order valence-corrected chi connectivity index (χ2v) is 5.15.